The SMILES string of the molecule is c1ccc2c(-c3nc(-n4c5ccccc5c5cc6c(cc54)sc4ccccc46)nc4c3oc3ccccc34)cccc2c1. The lowest BCUT2D eigenvalue weighted by atomic mass is 10.0. The van der Waals surface area contributed by atoms with Crippen molar-refractivity contribution in [3.05, 3.63) is 127 Å². The van der Waals surface area contributed by atoms with Gasteiger partial charge in [-0.3, -0.25) is 4.57 Å². The Bertz CT molecular complexity index is 2740. The van der Waals surface area contributed by atoms with Crippen molar-refractivity contribution in [2.45, 2.75) is 0 Å². The first-order valence-electron chi connectivity index (χ1n) is 14.3. The normalized spacial score (nSPS) is 12.2. The van der Waals surface area contributed by atoms with E-state index in [2.05, 4.69) is 114 Å². The molecule has 0 saturated heterocycles. The van der Waals surface area contributed by atoms with Crippen molar-refractivity contribution in [3.8, 4) is 17.2 Å². The van der Waals surface area contributed by atoms with Crippen LogP contribution in [0, 0.1) is 0 Å². The van der Waals surface area contributed by atoms with Crippen LogP contribution in [0.25, 0.3) is 92.0 Å². The Morgan fingerprint density at radius 3 is 2.21 bits per heavy atom. The lowest BCUT2D eigenvalue weighted by Gasteiger charge is -2.11. The smallest absolute Gasteiger partial charge is 0.236 e. The Balaban J connectivity index is 1.37. The van der Waals surface area contributed by atoms with E-state index in [1.165, 1.54) is 30.9 Å². The van der Waals surface area contributed by atoms with E-state index >= 15 is 0 Å². The van der Waals surface area contributed by atoms with E-state index in [0.29, 0.717) is 11.5 Å². The maximum Gasteiger partial charge on any atom is 0.236 e. The van der Waals surface area contributed by atoms with Crippen LogP contribution in [0.15, 0.2) is 132 Å². The summed E-state index contributed by atoms with van der Waals surface area (Å²) in [6.45, 7) is 0. The summed E-state index contributed by atoms with van der Waals surface area (Å²) in [4.78, 5) is 10.6. The minimum Gasteiger partial charge on any atom is -0.452 e. The Morgan fingerprint density at radius 2 is 1.28 bits per heavy atom. The second-order valence-corrected chi connectivity index (χ2v) is 12.1. The zero-order chi connectivity index (χ0) is 28.1. The molecule has 0 fully saturated rings. The molecule has 0 amide bonds. The Kier molecular flexibility index (Phi) is 4.57. The van der Waals surface area contributed by atoms with E-state index in [9.17, 15) is 0 Å². The lowest BCUT2D eigenvalue weighted by molar-refractivity contribution is 0.666. The highest BCUT2D eigenvalue weighted by Crippen LogP contribution is 2.42. The molecule has 10 rings (SSSR count). The molecular formula is C38H21N3OS. The molecular weight excluding hydrogens is 547 g/mol. The van der Waals surface area contributed by atoms with Gasteiger partial charge in [-0.05, 0) is 47.2 Å². The minimum absolute atomic E-state index is 0.633. The average molecular weight is 568 g/mol. The molecule has 0 saturated carbocycles. The highest BCUT2D eigenvalue weighted by molar-refractivity contribution is 7.25. The number of nitrogens with zero attached hydrogens (tertiary/aromatic N) is 3. The van der Waals surface area contributed by atoms with Crippen molar-refractivity contribution >= 4 is 86.2 Å². The second-order valence-electron chi connectivity index (χ2n) is 11.0. The van der Waals surface area contributed by atoms with Gasteiger partial charge in [0.05, 0.1) is 11.0 Å². The topological polar surface area (TPSA) is 43.9 Å². The van der Waals surface area contributed by atoms with Crippen LogP contribution in [0.5, 0.6) is 0 Å². The molecule has 200 valence electrons. The fraction of sp³-hybridized carbons (Fsp3) is 0. The van der Waals surface area contributed by atoms with Gasteiger partial charge in [-0.1, -0.05) is 91.0 Å². The van der Waals surface area contributed by atoms with Gasteiger partial charge in [0.2, 0.25) is 5.95 Å². The Hall–Kier alpha value is -5.52. The van der Waals surface area contributed by atoms with Crippen molar-refractivity contribution in [1.29, 1.82) is 0 Å². The molecule has 4 heterocycles. The first-order valence-corrected chi connectivity index (χ1v) is 15.2. The number of hydrogen-bond donors (Lipinski definition) is 0. The highest BCUT2D eigenvalue weighted by atomic mass is 32.1. The summed E-state index contributed by atoms with van der Waals surface area (Å²) >= 11 is 1.83. The van der Waals surface area contributed by atoms with Gasteiger partial charge in [0.15, 0.2) is 5.58 Å². The first-order chi connectivity index (χ1) is 21.3. The molecule has 0 N–H and O–H groups in total. The third-order valence-corrected chi connectivity index (χ3v) is 9.76. The highest BCUT2D eigenvalue weighted by Gasteiger charge is 2.22. The van der Waals surface area contributed by atoms with Crippen molar-refractivity contribution in [2.75, 3.05) is 0 Å². The molecule has 0 aliphatic carbocycles. The van der Waals surface area contributed by atoms with Gasteiger partial charge in [-0.2, -0.15) is 0 Å². The van der Waals surface area contributed by atoms with E-state index in [4.69, 9.17) is 14.4 Å². The van der Waals surface area contributed by atoms with Crippen LogP contribution in [0.1, 0.15) is 0 Å². The Labute approximate surface area is 249 Å². The summed E-state index contributed by atoms with van der Waals surface area (Å²) in [6.07, 6.45) is 0. The number of thiophene rings is 1. The van der Waals surface area contributed by atoms with Crippen molar-refractivity contribution in [2.24, 2.45) is 0 Å². The zero-order valence-electron chi connectivity index (χ0n) is 22.8. The van der Waals surface area contributed by atoms with Crippen LogP contribution in [0.2, 0.25) is 0 Å². The van der Waals surface area contributed by atoms with Crippen LogP contribution < -0.4 is 0 Å². The molecule has 4 aromatic heterocycles. The van der Waals surface area contributed by atoms with Gasteiger partial charge >= 0.3 is 0 Å². The first kappa shape index (κ1) is 23.1. The number of aromatic nitrogens is 3. The standard InChI is InChI=1S/C38H21N3OS/c1-2-12-23-22(10-1)11-9-16-26(23)35-37-36(27-15-4-7-18-32(27)42-37)40-38(39-35)41-30-17-6-3-13-24(30)28-20-29-25-14-5-8-19-33(25)43-34(29)21-31(28)41/h1-21H. The lowest BCUT2D eigenvalue weighted by Crippen LogP contribution is -2.03. The molecule has 0 radical (unpaired) electrons. The van der Waals surface area contributed by atoms with Gasteiger partial charge in [0, 0.05) is 41.9 Å². The van der Waals surface area contributed by atoms with Crippen molar-refractivity contribution in [1.82, 2.24) is 14.5 Å². The summed E-state index contributed by atoms with van der Waals surface area (Å²) in [5, 5.41) is 8.22. The van der Waals surface area contributed by atoms with Gasteiger partial charge in [-0.15, -0.1) is 11.3 Å². The molecule has 0 atom stereocenters. The number of benzene rings is 6. The average Bonchev–Trinajstić information content (AvgIpc) is 3.72. The summed E-state index contributed by atoms with van der Waals surface area (Å²) in [5.74, 6) is 0.633. The fourth-order valence-electron chi connectivity index (χ4n) is 6.70. The summed E-state index contributed by atoms with van der Waals surface area (Å²) in [7, 11) is 0. The number of rotatable bonds is 2. The monoisotopic (exact) mass is 567 g/mol. The predicted molar refractivity (Wildman–Crippen MR) is 179 cm³/mol. The molecule has 0 spiro atoms. The van der Waals surface area contributed by atoms with Gasteiger partial charge in [0.1, 0.15) is 16.8 Å². The molecule has 5 heteroatoms. The minimum atomic E-state index is 0.633. The van der Waals surface area contributed by atoms with Crippen molar-refractivity contribution < 1.29 is 4.42 Å². The van der Waals surface area contributed by atoms with E-state index in [1.807, 2.05) is 29.5 Å². The zero-order valence-corrected chi connectivity index (χ0v) is 23.6. The van der Waals surface area contributed by atoms with E-state index < -0.39 is 0 Å². The second kappa shape index (κ2) is 8.51. The molecule has 0 aliphatic heterocycles. The summed E-state index contributed by atoms with van der Waals surface area (Å²) in [6, 6.07) is 44.8. The molecule has 6 aromatic carbocycles. The number of para-hydroxylation sites is 2. The Morgan fingerprint density at radius 1 is 0.535 bits per heavy atom. The quantitative estimate of drug-likeness (QED) is 0.209. The predicted octanol–water partition coefficient (Wildman–Crippen LogP) is 10.7. The van der Waals surface area contributed by atoms with Gasteiger partial charge in [-0.25, -0.2) is 9.97 Å². The van der Waals surface area contributed by atoms with Gasteiger partial charge in [0.25, 0.3) is 0 Å². The third kappa shape index (κ3) is 3.20. The summed E-state index contributed by atoms with van der Waals surface area (Å²) in [5.41, 5.74) is 6.32. The largest absolute Gasteiger partial charge is 0.452 e. The molecule has 0 bridgehead atoms. The summed E-state index contributed by atoms with van der Waals surface area (Å²) < 4.78 is 11.3. The maximum atomic E-state index is 6.49. The molecule has 0 unspecified atom stereocenters. The molecule has 10 aromatic rings. The van der Waals surface area contributed by atoms with E-state index in [0.717, 1.165) is 49.5 Å². The third-order valence-electron chi connectivity index (χ3n) is 8.62. The number of hydrogen-bond acceptors (Lipinski definition) is 4. The van der Waals surface area contributed by atoms with Crippen LogP contribution >= 0.6 is 11.3 Å². The maximum absolute atomic E-state index is 6.49. The molecule has 4 nitrogen and oxygen atoms in total. The van der Waals surface area contributed by atoms with Crippen molar-refractivity contribution in [3.63, 3.8) is 0 Å². The van der Waals surface area contributed by atoms with Crippen LogP contribution in [-0.2, 0) is 0 Å². The fourth-order valence-corrected chi connectivity index (χ4v) is 7.82. The number of fused-ring (bicyclic) bond motifs is 10. The van der Waals surface area contributed by atoms with Crippen LogP contribution in [-0.4, -0.2) is 14.5 Å². The molecule has 0 aliphatic rings. The van der Waals surface area contributed by atoms with E-state index in [-0.39, 0.29) is 0 Å². The van der Waals surface area contributed by atoms with Gasteiger partial charge < -0.3 is 4.42 Å². The van der Waals surface area contributed by atoms with Crippen LogP contribution in [0.3, 0.4) is 0 Å². The molecule has 43 heavy (non-hydrogen) atoms. The number of furan rings is 1. The van der Waals surface area contributed by atoms with E-state index in [1.54, 1.807) is 0 Å². The van der Waals surface area contributed by atoms with Crippen LogP contribution in [0.4, 0.5) is 0 Å².